The number of benzene rings is 1. The Kier molecular flexibility index (Phi) is 8.97. The SMILES string of the molecule is C[C@@H]1Cc2ccsc2[C@H](C)N1CCNC(=O)c1ccc(NS(C)(=O)=O)cc1.O=C(O)C(=O)O. The fourth-order valence-corrected chi connectivity index (χ4v) is 5.15. The average Bonchev–Trinajstić information content (AvgIpc) is 3.18. The highest BCUT2D eigenvalue weighted by atomic mass is 32.2. The molecule has 1 aliphatic rings. The fourth-order valence-electron chi connectivity index (χ4n) is 3.57. The Morgan fingerprint density at radius 2 is 1.70 bits per heavy atom. The Balaban J connectivity index is 0.000000569. The molecule has 0 aliphatic carbocycles. The first-order valence-corrected chi connectivity index (χ1v) is 12.8. The van der Waals surface area contributed by atoms with E-state index in [-0.39, 0.29) is 5.91 Å². The van der Waals surface area contributed by atoms with Gasteiger partial charge in [0.25, 0.3) is 5.91 Å². The number of rotatable bonds is 6. The van der Waals surface area contributed by atoms with E-state index in [1.165, 1.54) is 10.4 Å². The maximum atomic E-state index is 12.3. The second-order valence-corrected chi connectivity index (χ2v) is 10.3. The zero-order valence-corrected chi connectivity index (χ0v) is 20.1. The predicted molar refractivity (Wildman–Crippen MR) is 125 cm³/mol. The van der Waals surface area contributed by atoms with Gasteiger partial charge in [-0.25, -0.2) is 18.0 Å². The van der Waals surface area contributed by atoms with Crippen LogP contribution in [0.2, 0.25) is 0 Å². The maximum absolute atomic E-state index is 12.3. The van der Waals surface area contributed by atoms with Crippen molar-refractivity contribution in [2.75, 3.05) is 24.1 Å². The van der Waals surface area contributed by atoms with E-state index in [2.05, 4.69) is 40.2 Å². The lowest BCUT2D eigenvalue weighted by molar-refractivity contribution is -0.159. The van der Waals surface area contributed by atoms with Crippen LogP contribution in [0.25, 0.3) is 0 Å². The van der Waals surface area contributed by atoms with Gasteiger partial charge in [0.15, 0.2) is 0 Å². The molecule has 1 aliphatic heterocycles. The number of aliphatic carboxylic acids is 2. The van der Waals surface area contributed by atoms with Crippen molar-refractivity contribution >= 4 is 44.9 Å². The van der Waals surface area contributed by atoms with E-state index >= 15 is 0 Å². The lowest BCUT2D eigenvalue weighted by Crippen LogP contribution is -2.44. The lowest BCUT2D eigenvalue weighted by Gasteiger charge is -2.38. The normalized spacial score (nSPS) is 17.8. The number of anilines is 1. The monoisotopic (exact) mass is 497 g/mol. The first-order valence-electron chi connectivity index (χ1n) is 10.0. The molecule has 0 fully saturated rings. The number of hydrogen-bond donors (Lipinski definition) is 4. The number of hydrogen-bond acceptors (Lipinski definition) is 7. The molecule has 33 heavy (non-hydrogen) atoms. The minimum absolute atomic E-state index is 0.157. The van der Waals surface area contributed by atoms with Crippen molar-refractivity contribution in [3.63, 3.8) is 0 Å². The number of carboxylic acid groups (broad SMARTS) is 2. The van der Waals surface area contributed by atoms with Crippen LogP contribution in [0.1, 0.15) is 40.7 Å². The summed E-state index contributed by atoms with van der Waals surface area (Å²) in [5.41, 5.74) is 2.40. The molecule has 10 nitrogen and oxygen atoms in total. The smallest absolute Gasteiger partial charge is 0.414 e. The Morgan fingerprint density at radius 1 is 1.09 bits per heavy atom. The number of nitrogens with one attached hydrogen (secondary N) is 2. The van der Waals surface area contributed by atoms with Crippen molar-refractivity contribution in [1.29, 1.82) is 0 Å². The summed E-state index contributed by atoms with van der Waals surface area (Å²) in [5.74, 6) is -3.81. The molecule has 0 saturated carbocycles. The van der Waals surface area contributed by atoms with Gasteiger partial charge in [-0.3, -0.25) is 14.4 Å². The summed E-state index contributed by atoms with van der Waals surface area (Å²) in [6.45, 7) is 5.81. The largest absolute Gasteiger partial charge is 0.473 e. The van der Waals surface area contributed by atoms with Crippen LogP contribution in [0, 0.1) is 0 Å². The number of carbonyl (C=O) groups excluding carboxylic acids is 1. The summed E-state index contributed by atoms with van der Waals surface area (Å²) < 4.78 is 24.8. The summed E-state index contributed by atoms with van der Waals surface area (Å²) in [4.78, 5) is 34.4. The molecule has 1 amide bonds. The van der Waals surface area contributed by atoms with Gasteiger partial charge in [0.1, 0.15) is 0 Å². The highest BCUT2D eigenvalue weighted by Crippen LogP contribution is 2.35. The number of fused-ring (bicyclic) bond motifs is 1. The topological polar surface area (TPSA) is 153 Å². The van der Waals surface area contributed by atoms with Crippen molar-refractivity contribution in [3.8, 4) is 0 Å². The summed E-state index contributed by atoms with van der Waals surface area (Å²) in [6, 6.07) is 9.43. The van der Waals surface area contributed by atoms with Crippen molar-refractivity contribution in [2.45, 2.75) is 32.4 Å². The van der Waals surface area contributed by atoms with Gasteiger partial charge < -0.3 is 15.5 Å². The van der Waals surface area contributed by atoms with Crippen LogP contribution in [0.5, 0.6) is 0 Å². The molecule has 1 aromatic carbocycles. The van der Waals surface area contributed by atoms with Crippen LogP contribution in [0.15, 0.2) is 35.7 Å². The maximum Gasteiger partial charge on any atom is 0.414 e. The lowest BCUT2D eigenvalue weighted by atomic mass is 9.97. The second-order valence-electron chi connectivity index (χ2n) is 7.59. The van der Waals surface area contributed by atoms with Crippen molar-refractivity contribution in [2.24, 2.45) is 0 Å². The third-order valence-electron chi connectivity index (χ3n) is 5.03. The van der Waals surface area contributed by atoms with E-state index < -0.39 is 22.0 Å². The van der Waals surface area contributed by atoms with Crippen LogP contribution in [-0.2, 0) is 26.0 Å². The van der Waals surface area contributed by atoms with Gasteiger partial charge in [-0.05, 0) is 61.5 Å². The molecular weight excluding hydrogens is 470 g/mol. The van der Waals surface area contributed by atoms with Crippen LogP contribution in [0.3, 0.4) is 0 Å². The fraction of sp³-hybridized carbons (Fsp3) is 0.381. The van der Waals surface area contributed by atoms with Crippen LogP contribution in [-0.4, -0.2) is 66.8 Å². The Morgan fingerprint density at radius 3 is 2.24 bits per heavy atom. The predicted octanol–water partition coefficient (Wildman–Crippen LogP) is 2.01. The molecule has 4 N–H and O–H groups in total. The van der Waals surface area contributed by atoms with E-state index in [1.54, 1.807) is 35.6 Å². The van der Waals surface area contributed by atoms with Gasteiger partial charge in [-0.15, -0.1) is 11.3 Å². The summed E-state index contributed by atoms with van der Waals surface area (Å²) in [6.07, 6.45) is 2.14. The molecule has 0 radical (unpaired) electrons. The first-order chi connectivity index (χ1) is 15.4. The summed E-state index contributed by atoms with van der Waals surface area (Å²) in [5, 5.41) is 19.9. The molecule has 0 unspecified atom stereocenters. The third-order valence-corrected chi connectivity index (χ3v) is 6.76. The van der Waals surface area contributed by atoms with Gasteiger partial charge in [0.2, 0.25) is 10.0 Å². The molecule has 1 aromatic heterocycles. The quantitative estimate of drug-likeness (QED) is 0.442. The third kappa shape index (κ3) is 7.84. The second kappa shape index (κ2) is 11.3. The van der Waals surface area contributed by atoms with E-state index in [9.17, 15) is 13.2 Å². The van der Waals surface area contributed by atoms with Crippen LogP contribution in [0.4, 0.5) is 5.69 Å². The number of carbonyl (C=O) groups is 3. The molecule has 0 spiro atoms. The highest BCUT2D eigenvalue weighted by Gasteiger charge is 2.29. The molecule has 2 heterocycles. The van der Waals surface area contributed by atoms with Crippen LogP contribution >= 0.6 is 11.3 Å². The number of amides is 1. The number of sulfonamides is 1. The molecule has 12 heteroatoms. The molecule has 0 saturated heterocycles. The van der Waals surface area contributed by atoms with E-state index in [1.807, 2.05) is 0 Å². The number of nitrogens with zero attached hydrogens (tertiary/aromatic N) is 1. The standard InChI is InChI=1S/C19H25N3O3S2.C2H2O4/c1-13-12-16-8-11-26-18(16)14(2)22(13)10-9-20-19(23)15-4-6-17(7-5-15)21-27(3,24)25;3-1(4)2(5)6/h4-8,11,13-14,21H,9-10,12H2,1-3H3,(H,20,23);(H,3,4)(H,5,6)/t13-,14+;/m1./s1. The van der Waals surface area contributed by atoms with Crippen molar-refractivity contribution in [1.82, 2.24) is 10.2 Å². The van der Waals surface area contributed by atoms with Gasteiger partial charge in [-0.1, -0.05) is 0 Å². The number of carboxylic acids is 2. The Bertz CT molecular complexity index is 1090. The number of thiophene rings is 1. The van der Waals surface area contributed by atoms with Crippen LogP contribution < -0.4 is 10.0 Å². The first kappa shape index (κ1) is 26.3. The molecule has 180 valence electrons. The van der Waals surface area contributed by atoms with E-state index in [0.717, 1.165) is 19.2 Å². The molecule has 2 atom stereocenters. The molecular formula is C21H27N3O7S2. The zero-order chi connectivity index (χ0) is 24.8. The molecule has 2 aromatic rings. The highest BCUT2D eigenvalue weighted by molar-refractivity contribution is 7.92. The van der Waals surface area contributed by atoms with Gasteiger partial charge in [0, 0.05) is 41.3 Å². The average molecular weight is 498 g/mol. The summed E-state index contributed by atoms with van der Waals surface area (Å²) >= 11 is 1.80. The van der Waals surface area contributed by atoms with E-state index in [0.29, 0.717) is 29.9 Å². The minimum Gasteiger partial charge on any atom is -0.473 e. The van der Waals surface area contributed by atoms with Gasteiger partial charge >= 0.3 is 11.9 Å². The van der Waals surface area contributed by atoms with E-state index in [4.69, 9.17) is 19.8 Å². The Hall–Kier alpha value is -2.96. The Labute approximate surface area is 196 Å². The zero-order valence-electron chi connectivity index (χ0n) is 18.4. The van der Waals surface area contributed by atoms with Gasteiger partial charge in [0.05, 0.1) is 6.26 Å². The van der Waals surface area contributed by atoms with Crippen molar-refractivity contribution in [3.05, 3.63) is 51.7 Å². The minimum atomic E-state index is -3.32. The van der Waals surface area contributed by atoms with Crippen molar-refractivity contribution < 1.29 is 33.0 Å². The molecule has 3 rings (SSSR count). The van der Waals surface area contributed by atoms with Gasteiger partial charge in [-0.2, -0.15) is 0 Å². The summed E-state index contributed by atoms with van der Waals surface area (Å²) in [7, 11) is -3.32. The molecule has 0 bridgehead atoms.